The van der Waals surface area contributed by atoms with Gasteiger partial charge in [0.05, 0.1) is 6.04 Å². The molecular formula is C9H10N2O. The van der Waals surface area contributed by atoms with Crippen LogP contribution in [0.2, 0.25) is 0 Å². The van der Waals surface area contributed by atoms with E-state index in [4.69, 9.17) is 0 Å². The first-order valence-electron chi connectivity index (χ1n) is 3.93. The summed E-state index contributed by atoms with van der Waals surface area (Å²) in [4.78, 5) is 0. The van der Waals surface area contributed by atoms with E-state index in [0.29, 0.717) is 5.75 Å². The summed E-state index contributed by atoms with van der Waals surface area (Å²) in [7, 11) is 0. The second-order valence-electron chi connectivity index (χ2n) is 2.79. The quantitative estimate of drug-likeness (QED) is 0.655. The Hall–Kier alpha value is -1.51. The minimum atomic E-state index is 0.145. The minimum absolute atomic E-state index is 0.145. The molecule has 1 unspecified atom stereocenters. The zero-order chi connectivity index (χ0) is 8.39. The van der Waals surface area contributed by atoms with E-state index in [1.807, 2.05) is 24.4 Å². The fourth-order valence-electron chi connectivity index (χ4n) is 1.33. The smallest absolute Gasteiger partial charge is 0.120 e. The Balaban J connectivity index is 2.27. The summed E-state index contributed by atoms with van der Waals surface area (Å²) in [5.41, 5.74) is 3.84. The maximum Gasteiger partial charge on any atom is 0.120 e. The molecule has 2 N–H and O–H groups in total. The van der Waals surface area contributed by atoms with Crippen molar-refractivity contribution in [2.75, 3.05) is 0 Å². The number of phenols is 1. The predicted molar refractivity (Wildman–Crippen MR) is 47.1 cm³/mol. The van der Waals surface area contributed by atoms with E-state index in [-0.39, 0.29) is 6.04 Å². The highest BCUT2D eigenvalue weighted by atomic mass is 16.3. The van der Waals surface area contributed by atoms with Crippen molar-refractivity contribution in [3.63, 3.8) is 0 Å². The zero-order valence-electron chi connectivity index (χ0n) is 6.57. The van der Waals surface area contributed by atoms with Crippen LogP contribution in [0.5, 0.6) is 5.75 Å². The van der Waals surface area contributed by atoms with Crippen LogP contribution in [0.4, 0.5) is 0 Å². The second-order valence-corrected chi connectivity index (χ2v) is 2.79. The third-order valence-corrected chi connectivity index (χ3v) is 1.97. The molecule has 0 aliphatic carbocycles. The molecule has 0 spiro atoms. The summed E-state index contributed by atoms with van der Waals surface area (Å²) < 4.78 is 0. The van der Waals surface area contributed by atoms with Gasteiger partial charge in [-0.2, -0.15) is 5.10 Å². The molecule has 0 saturated heterocycles. The van der Waals surface area contributed by atoms with Gasteiger partial charge >= 0.3 is 0 Å². The highest BCUT2D eigenvalue weighted by molar-refractivity contribution is 5.61. The fraction of sp³-hybridized carbons (Fsp3) is 0.222. The number of para-hydroxylation sites is 1. The average molecular weight is 162 g/mol. The van der Waals surface area contributed by atoms with Gasteiger partial charge in [0, 0.05) is 18.2 Å². The molecule has 3 heteroatoms. The van der Waals surface area contributed by atoms with Gasteiger partial charge in [0.15, 0.2) is 0 Å². The number of hydrogen-bond donors (Lipinski definition) is 2. The standard InChI is InChI=1S/C9H10N2O/c12-9-4-2-1-3-7(9)8-5-6-10-11-8/h1-4,6,8,11-12H,5H2. The van der Waals surface area contributed by atoms with Gasteiger partial charge in [-0.05, 0) is 6.07 Å². The number of phenolic OH excluding ortho intramolecular Hbond substituents is 1. The van der Waals surface area contributed by atoms with Gasteiger partial charge in [-0.1, -0.05) is 18.2 Å². The Morgan fingerprint density at radius 1 is 1.42 bits per heavy atom. The number of nitrogens with one attached hydrogen (secondary N) is 1. The van der Waals surface area contributed by atoms with Crippen molar-refractivity contribution in [3.05, 3.63) is 29.8 Å². The van der Waals surface area contributed by atoms with Gasteiger partial charge in [0.25, 0.3) is 0 Å². The van der Waals surface area contributed by atoms with Crippen molar-refractivity contribution in [2.45, 2.75) is 12.5 Å². The maximum absolute atomic E-state index is 9.48. The summed E-state index contributed by atoms with van der Waals surface area (Å²) in [5.74, 6) is 0.334. The van der Waals surface area contributed by atoms with Crippen molar-refractivity contribution >= 4 is 6.21 Å². The van der Waals surface area contributed by atoms with E-state index in [1.54, 1.807) is 6.07 Å². The molecule has 1 aliphatic heterocycles. The Bertz CT molecular complexity index is 301. The first-order chi connectivity index (χ1) is 5.88. The van der Waals surface area contributed by atoms with Crippen LogP contribution < -0.4 is 5.43 Å². The number of nitrogens with zero attached hydrogens (tertiary/aromatic N) is 1. The van der Waals surface area contributed by atoms with Crippen LogP contribution in [-0.2, 0) is 0 Å². The van der Waals surface area contributed by atoms with Gasteiger partial charge in [-0.25, -0.2) is 0 Å². The van der Waals surface area contributed by atoms with Crippen molar-refractivity contribution in [3.8, 4) is 5.75 Å². The zero-order valence-corrected chi connectivity index (χ0v) is 6.57. The molecule has 0 aromatic heterocycles. The van der Waals surface area contributed by atoms with Crippen molar-refractivity contribution in [2.24, 2.45) is 5.10 Å². The van der Waals surface area contributed by atoms with Gasteiger partial charge in [-0.15, -0.1) is 0 Å². The van der Waals surface area contributed by atoms with E-state index >= 15 is 0 Å². The molecular weight excluding hydrogens is 152 g/mol. The molecule has 1 aromatic carbocycles. The number of benzene rings is 1. The van der Waals surface area contributed by atoms with Gasteiger partial charge in [0.2, 0.25) is 0 Å². The summed E-state index contributed by atoms with van der Waals surface area (Å²) in [6.45, 7) is 0. The highest BCUT2D eigenvalue weighted by Crippen LogP contribution is 2.26. The molecule has 62 valence electrons. The molecule has 1 heterocycles. The van der Waals surface area contributed by atoms with E-state index in [9.17, 15) is 5.11 Å². The van der Waals surface area contributed by atoms with Gasteiger partial charge in [0.1, 0.15) is 5.75 Å². The Morgan fingerprint density at radius 3 is 2.92 bits per heavy atom. The number of rotatable bonds is 1. The van der Waals surface area contributed by atoms with Crippen LogP contribution >= 0.6 is 0 Å². The maximum atomic E-state index is 9.48. The topological polar surface area (TPSA) is 44.6 Å². The first-order valence-corrected chi connectivity index (χ1v) is 3.93. The molecule has 3 nitrogen and oxygen atoms in total. The van der Waals surface area contributed by atoms with Crippen LogP contribution in [0.1, 0.15) is 18.0 Å². The Morgan fingerprint density at radius 2 is 2.25 bits per heavy atom. The largest absolute Gasteiger partial charge is 0.508 e. The monoisotopic (exact) mass is 162 g/mol. The molecule has 0 amide bonds. The summed E-state index contributed by atoms with van der Waals surface area (Å²) in [6, 6.07) is 7.46. The van der Waals surface area contributed by atoms with Crippen LogP contribution in [0.3, 0.4) is 0 Å². The Labute approximate surface area is 70.7 Å². The average Bonchev–Trinajstić information content (AvgIpc) is 2.57. The molecule has 0 bridgehead atoms. The molecule has 0 fully saturated rings. The summed E-state index contributed by atoms with van der Waals surface area (Å²) in [5, 5.41) is 13.4. The van der Waals surface area contributed by atoms with E-state index in [2.05, 4.69) is 10.5 Å². The summed E-state index contributed by atoms with van der Waals surface area (Å²) >= 11 is 0. The van der Waals surface area contributed by atoms with Gasteiger partial charge in [-0.3, -0.25) is 0 Å². The van der Waals surface area contributed by atoms with Crippen LogP contribution in [0.15, 0.2) is 29.4 Å². The lowest BCUT2D eigenvalue weighted by Crippen LogP contribution is -2.09. The third-order valence-electron chi connectivity index (χ3n) is 1.97. The second kappa shape index (κ2) is 2.85. The van der Waals surface area contributed by atoms with E-state index in [1.165, 1.54) is 0 Å². The molecule has 1 aromatic rings. The predicted octanol–water partition coefficient (Wildman–Crippen LogP) is 1.41. The minimum Gasteiger partial charge on any atom is -0.508 e. The van der Waals surface area contributed by atoms with Crippen LogP contribution in [0.25, 0.3) is 0 Å². The lowest BCUT2D eigenvalue weighted by Gasteiger charge is -2.10. The van der Waals surface area contributed by atoms with E-state index in [0.717, 1.165) is 12.0 Å². The van der Waals surface area contributed by atoms with Crippen molar-refractivity contribution in [1.82, 2.24) is 5.43 Å². The highest BCUT2D eigenvalue weighted by Gasteiger charge is 2.15. The summed E-state index contributed by atoms with van der Waals surface area (Å²) in [6.07, 6.45) is 2.66. The molecule has 1 atom stereocenters. The number of aromatic hydroxyl groups is 1. The number of hydrazone groups is 1. The van der Waals surface area contributed by atoms with Crippen molar-refractivity contribution in [1.29, 1.82) is 0 Å². The lowest BCUT2D eigenvalue weighted by atomic mass is 10.0. The van der Waals surface area contributed by atoms with Crippen molar-refractivity contribution < 1.29 is 5.11 Å². The number of hydrogen-bond acceptors (Lipinski definition) is 3. The Kier molecular flexibility index (Phi) is 1.70. The lowest BCUT2D eigenvalue weighted by molar-refractivity contribution is 0.455. The molecule has 12 heavy (non-hydrogen) atoms. The first kappa shape index (κ1) is 7.16. The van der Waals surface area contributed by atoms with E-state index < -0.39 is 0 Å². The normalized spacial score (nSPS) is 20.8. The van der Waals surface area contributed by atoms with Gasteiger partial charge < -0.3 is 10.5 Å². The fourth-order valence-corrected chi connectivity index (χ4v) is 1.33. The van der Waals surface area contributed by atoms with Crippen LogP contribution in [-0.4, -0.2) is 11.3 Å². The molecule has 0 radical (unpaired) electrons. The molecule has 0 saturated carbocycles. The third kappa shape index (κ3) is 1.13. The molecule has 1 aliphatic rings. The van der Waals surface area contributed by atoms with Crippen LogP contribution in [0, 0.1) is 0 Å². The molecule has 2 rings (SSSR count). The SMILES string of the molecule is Oc1ccccc1C1CC=NN1.